The van der Waals surface area contributed by atoms with Gasteiger partial charge in [-0.15, -0.1) is 0 Å². The van der Waals surface area contributed by atoms with E-state index in [2.05, 4.69) is 4.98 Å². The standard InChI is InChI=1S/C14H15F3N2OS/c1-20-7-8-21-13-18-9-12(11-5-3-2-4-6-11)19(13)10-14(15,16)17/h2-6,9H,7-8,10H2,1H3. The van der Waals surface area contributed by atoms with Gasteiger partial charge in [0.25, 0.3) is 0 Å². The Morgan fingerprint density at radius 2 is 1.95 bits per heavy atom. The van der Waals surface area contributed by atoms with Crippen molar-refractivity contribution < 1.29 is 17.9 Å². The summed E-state index contributed by atoms with van der Waals surface area (Å²) >= 11 is 1.25. The van der Waals surface area contributed by atoms with Crippen molar-refractivity contribution >= 4 is 11.8 Å². The molecule has 0 atom stereocenters. The molecule has 1 aromatic carbocycles. The smallest absolute Gasteiger partial charge is 0.384 e. The van der Waals surface area contributed by atoms with Gasteiger partial charge in [-0.2, -0.15) is 13.2 Å². The van der Waals surface area contributed by atoms with Crippen LogP contribution >= 0.6 is 11.8 Å². The molecule has 0 fully saturated rings. The molecule has 0 saturated heterocycles. The van der Waals surface area contributed by atoms with Crippen molar-refractivity contribution in [3.63, 3.8) is 0 Å². The van der Waals surface area contributed by atoms with Crippen molar-refractivity contribution in [1.82, 2.24) is 9.55 Å². The van der Waals surface area contributed by atoms with Crippen LogP contribution in [-0.4, -0.2) is 35.2 Å². The first-order valence-electron chi connectivity index (χ1n) is 6.30. The number of hydrogen-bond donors (Lipinski definition) is 0. The fourth-order valence-corrected chi connectivity index (χ4v) is 2.74. The molecule has 2 aromatic rings. The molecular weight excluding hydrogens is 301 g/mol. The zero-order valence-corrected chi connectivity index (χ0v) is 12.2. The Kier molecular flexibility index (Phi) is 5.30. The Labute approximate surface area is 125 Å². The van der Waals surface area contributed by atoms with E-state index < -0.39 is 12.7 Å². The molecule has 2 rings (SSSR count). The number of methoxy groups -OCH3 is 1. The highest BCUT2D eigenvalue weighted by molar-refractivity contribution is 7.99. The van der Waals surface area contributed by atoms with Crippen molar-refractivity contribution in [1.29, 1.82) is 0 Å². The van der Waals surface area contributed by atoms with Gasteiger partial charge in [0.1, 0.15) is 6.54 Å². The van der Waals surface area contributed by atoms with Gasteiger partial charge < -0.3 is 9.30 Å². The molecular formula is C14H15F3N2OS. The van der Waals surface area contributed by atoms with Gasteiger partial charge in [0.2, 0.25) is 0 Å². The summed E-state index contributed by atoms with van der Waals surface area (Å²) in [6.45, 7) is -0.587. The van der Waals surface area contributed by atoms with Crippen LogP contribution in [-0.2, 0) is 11.3 Å². The van der Waals surface area contributed by atoms with E-state index in [1.165, 1.54) is 22.5 Å². The van der Waals surface area contributed by atoms with Crippen LogP contribution in [0.2, 0.25) is 0 Å². The van der Waals surface area contributed by atoms with Gasteiger partial charge in [0.05, 0.1) is 18.5 Å². The third-order valence-corrected chi connectivity index (χ3v) is 3.70. The highest BCUT2D eigenvalue weighted by atomic mass is 32.2. The van der Waals surface area contributed by atoms with Crippen LogP contribution in [0.25, 0.3) is 11.3 Å². The summed E-state index contributed by atoms with van der Waals surface area (Å²) in [5.74, 6) is 0.555. The predicted octanol–water partition coefficient (Wildman–Crippen LogP) is 3.85. The van der Waals surface area contributed by atoms with Gasteiger partial charge >= 0.3 is 6.18 Å². The molecule has 0 spiro atoms. The molecule has 0 amide bonds. The Morgan fingerprint density at radius 3 is 2.57 bits per heavy atom. The number of thioether (sulfide) groups is 1. The first-order valence-corrected chi connectivity index (χ1v) is 7.29. The molecule has 21 heavy (non-hydrogen) atoms. The average Bonchev–Trinajstić information content (AvgIpc) is 2.81. The molecule has 1 heterocycles. The second kappa shape index (κ2) is 7.00. The summed E-state index contributed by atoms with van der Waals surface area (Å²) in [5, 5.41) is 0.350. The van der Waals surface area contributed by atoms with Gasteiger partial charge in [-0.25, -0.2) is 4.98 Å². The van der Waals surface area contributed by atoms with E-state index in [1.54, 1.807) is 31.4 Å². The summed E-state index contributed by atoms with van der Waals surface area (Å²) < 4.78 is 44.5. The Morgan fingerprint density at radius 1 is 1.24 bits per heavy atom. The topological polar surface area (TPSA) is 27.1 Å². The van der Waals surface area contributed by atoms with Crippen molar-refractivity contribution in [3.8, 4) is 11.3 Å². The summed E-state index contributed by atoms with van der Waals surface area (Å²) in [6, 6.07) is 8.94. The Balaban J connectivity index is 2.32. The van der Waals surface area contributed by atoms with Crippen LogP contribution in [0, 0.1) is 0 Å². The molecule has 0 unspecified atom stereocenters. The SMILES string of the molecule is COCCSc1ncc(-c2ccccc2)n1CC(F)(F)F. The minimum absolute atomic E-state index is 0.350. The molecule has 0 bridgehead atoms. The lowest BCUT2D eigenvalue weighted by molar-refractivity contribution is -0.141. The monoisotopic (exact) mass is 316 g/mol. The molecule has 114 valence electrons. The van der Waals surface area contributed by atoms with Crippen LogP contribution in [0.5, 0.6) is 0 Å². The largest absolute Gasteiger partial charge is 0.406 e. The summed E-state index contributed by atoms with van der Waals surface area (Å²) in [7, 11) is 1.55. The van der Waals surface area contributed by atoms with Crippen molar-refractivity contribution in [2.24, 2.45) is 0 Å². The maximum atomic E-state index is 12.8. The zero-order valence-electron chi connectivity index (χ0n) is 11.4. The minimum atomic E-state index is -4.29. The summed E-state index contributed by atoms with van der Waals surface area (Å²) in [4.78, 5) is 4.12. The number of rotatable bonds is 6. The summed E-state index contributed by atoms with van der Waals surface area (Å²) in [6.07, 6.45) is -2.81. The van der Waals surface area contributed by atoms with Crippen LogP contribution in [0.4, 0.5) is 13.2 Å². The zero-order chi connectivity index (χ0) is 15.3. The van der Waals surface area contributed by atoms with E-state index >= 15 is 0 Å². The first kappa shape index (κ1) is 15.9. The number of halogens is 3. The van der Waals surface area contributed by atoms with Crippen LogP contribution in [0.3, 0.4) is 0 Å². The molecule has 3 nitrogen and oxygen atoms in total. The Hall–Kier alpha value is -1.47. The fourth-order valence-electron chi connectivity index (χ4n) is 1.86. The maximum absolute atomic E-state index is 12.8. The number of imidazole rings is 1. The van der Waals surface area contributed by atoms with Crippen molar-refractivity contribution in [2.75, 3.05) is 19.5 Å². The lowest BCUT2D eigenvalue weighted by atomic mass is 10.2. The van der Waals surface area contributed by atoms with Crippen LogP contribution in [0.1, 0.15) is 0 Å². The number of alkyl halides is 3. The number of aromatic nitrogens is 2. The number of nitrogens with zero attached hydrogens (tertiary/aromatic N) is 2. The molecule has 0 aliphatic rings. The van der Waals surface area contributed by atoms with E-state index in [-0.39, 0.29) is 0 Å². The van der Waals surface area contributed by atoms with Gasteiger partial charge in [0, 0.05) is 12.9 Å². The minimum Gasteiger partial charge on any atom is -0.384 e. The first-order chi connectivity index (χ1) is 10.0. The normalized spacial score (nSPS) is 11.8. The molecule has 7 heteroatoms. The summed E-state index contributed by atoms with van der Waals surface area (Å²) in [5.41, 5.74) is 1.18. The molecule has 0 saturated carbocycles. The quantitative estimate of drug-likeness (QED) is 0.598. The average molecular weight is 316 g/mol. The van der Waals surface area contributed by atoms with E-state index in [9.17, 15) is 13.2 Å². The lowest BCUT2D eigenvalue weighted by Crippen LogP contribution is -2.19. The second-order valence-corrected chi connectivity index (χ2v) is 5.40. The van der Waals surface area contributed by atoms with Gasteiger partial charge in [-0.3, -0.25) is 0 Å². The number of hydrogen-bond acceptors (Lipinski definition) is 3. The number of ether oxygens (including phenoxy) is 1. The van der Waals surface area contributed by atoms with Crippen LogP contribution < -0.4 is 0 Å². The highest BCUT2D eigenvalue weighted by Gasteiger charge is 2.30. The maximum Gasteiger partial charge on any atom is 0.406 e. The van der Waals surface area contributed by atoms with Crippen LogP contribution in [0.15, 0.2) is 41.7 Å². The third kappa shape index (κ3) is 4.50. The highest BCUT2D eigenvalue weighted by Crippen LogP contribution is 2.29. The number of benzene rings is 1. The molecule has 1 aromatic heterocycles. The van der Waals surface area contributed by atoms with Crippen molar-refractivity contribution in [2.45, 2.75) is 17.9 Å². The van der Waals surface area contributed by atoms with Gasteiger partial charge in [0.15, 0.2) is 5.16 Å². The lowest BCUT2D eigenvalue weighted by Gasteiger charge is -2.14. The van der Waals surface area contributed by atoms with Gasteiger partial charge in [-0.05, 0) is 5.56 Å². The van der Waals surface area contributed by atoms with Gasteiger partial charge in [-0.1, -0.05) is 42.1 Å². The van der Waals surface area contributed by atoms with E-state index in [4.69, 9.17) is 4.74 Å². The van der Waals surface area contributed by atoms with Crippen molar-refractivity contribution in [3.05, 3.63) is 36.5 Å². The second-order valence-electron chi connectivity index (χ2n) is 4.33. The van der Waals surface area contributed by atoms with E-state index in [0.717, 1.165) is 0 Å². The molecule has 0 N–H and O–H groups in total. The molecule has 0 aliphatic carbocycles. The third-order valence-electron chi connectivity index (χ3n) is 2.74. The fraction of sp³-hybridized carbons (Fsp3) is 0.357. The molecule has 0 aliphatic heterocycles. The molecule has 0 radical (unpaired) electrons. The predicted molar refractivity (Wildman–Crippen MR) is 76.3 cm³/mol. The van der Waals surface area contributed by atoms with E-state index in [0.29, 0.717) is 28.8 Å². The van der Waals surface area contributed by atoms with E-state index in [1.807, 2.05) is 6.07 Å². The Bertz CT molecular complexity index is 569.